The molecule has 1 rings (SSSR count). The zero-order valence-electron chi connectivity index (χ0n) is 3.98. The highest BCUT2D eigenvalue weighted by atomic mass is 32.2. The number of hydrogen-bond donors (Lipinski definition) is 0. The molecule has 0 saturated heterocycles. The molecule has 0 aromatic heterocycles. The molecule has 1 aliphatic rings. The smallest absolute Gasteiger partial charge is 0.0574 e. The Morgan fingerprint density at radius 2 is 2.57 bits per heavy atom. The van der Waals surface area contributed by atoms with E-state index in [1.54, 1.807) is 11.8 Å². The third kappa shape index (κ3) is 1.97. The molecule has 0 bridgehead atoms. The molecule has 0 aromatic rings. The molecule has 1 heterocycles. The van der Waals surface area contributed by atoms with Crippen LogP contribution < -0.4 is 0 Å². The SMILES string of the molecule is [C]1C[C]=NCCS1. The van der Waals surface area contributed by atoms with E-state index in [1.807, 2.05) is 0 Å². The molecule has 37 valence electrons. The molecule has 2 heteroatoms. The van der Waals surface area contributed by atoms with Crippen molar-refractivity contribution >= 4 is 18.0 Å². The highest BCUT2D eigenvalue weighted by Gasteiger charge is 1.91. The summed E-state index contributed by atoms with van der Waals surface area (Å²) in [6.07, 6.45) is 3.64. The minimum Gasteiger partial charge on any atom is -0.287 e. The molecule has 0 atom stereocenters. The predicted molar refractivity (Wildman–Crippen MR) is 32.6 cm³/mol. The normalized spacial score (nSPS) is 21.7. The van der Waals surface area contributed by atoms with E-state index in [2.05, 4.69) is 17.0 Å². The molecular formula is C5H6NS. The molecule has 0 aliphatic carbocycles. The highest BCUT2D eigenvalue weighted by molar-refractivity contribution is 8.01. The fraction of sp³-hybridized carbons (Fsp3) is 0.600. The van der Waals surface area contributed by atoms with Crippen molar-refractivity contribution in [3.05, 3.63) is 5.75 Å². The first-order chi connectivity index (χ1) is 3.50. The zero-order valence-corrected chi connectivity index (χ0v) is 4.79. The Balaban J connectivity index is 2.20. The molecule has 0 spiro atoms. The van der Waals surface area contributed by atoms with Gasteiger partial charge in [-0.1, -0.05) is 0 Å². The number of thioether (sulfide) groups is 1. The van der Waals surface area contributed by atoms with Gasteiger partial charge in [0.2, 0.25) is 0 Å². The number of nitrogens with zero attached hydrogens (tertiary/aromatic N) is 1. The van der Waals surface area contributed by atoms with Crippen LogP contribution in [0.5, 0.6) is 0 Å². The minimum atomic E-state index is 0.796. The van der Waals surface area contributed by atoms with Crippen molar-refractivity contribution in [3.8, 4) is 0 Å². The van der Waals surface area contributed by atoms with Gasteiger partial charge in [0.15, 0.2) is 0 Å². The number of aliphatic imine (C=N–C) groups is 1. The van der Waals surface area contributed by atoms with Crippen molar-refractivity contribution < 1.29 is 0 Å². The summed E-state index contributed by atoms with van der Waals surface area (Å²) < 4.78 is 0. The molecule has 1 nitrogen and oxygen atoms in total. The van der Waals surface area contributed by atoms with Gasteiger partial charge in [-0.25, -0.2) is 0 Å². The summed E-state index contributed by atoms with van der Waals surface area (Å²) in [7, 11) is 0. The van der Waals surface area contributed by atoms with Crippen LogP contribution in [0, 0.1) is 5.75 Å². The van der Waals surface area contributed by atoms with E-state index in [1.165, 1.54) is 0 Å². The standard InChI is InChI=1S/C5H6NS/c1-2-6-3-5-7-4-1/h1,3,5H2. The fourth-order valence-electron chi connectivity index (χ4n) is 0.382. The Morgan fingerprint density at radius 1 is 1.57 bits per heavy atom. The van der Waals surface area contributed by atoms with Crippen LogP contribution in [0.3, 0.4) is 0 Å². The Kier molecular flexibility index (Phi) is 2.27. The lowest BCUT2D eigenvalue weighted by atomic mass is 10.5. The van der Waals surface area contributed by atoms with Crippen LogP contribution in [0.25, 0.3) is 0 Å². The monoisotopic (exact) mass is 112 g/mol. The summed E-state index contributed by atoms with van der Waals surface area (Å²) in [4.78, 5) is 3.94. The lowest BCUT2D eigenvalue weighted by Crippen LogP contribution is -1.78. The average molecular weight is 112 g/mol. The van der Waals surface area contributed by atoms with E-state index < -0.39 is 0 Å². The third-order valence-electron chi connectivity index (χ3n) is 0.670. The van der Waals surface area contributed by atoms with E-state index in [0.717, 1.165) is 18.7 Å². The summed E-state index contributed by atoms with van der Waals surface area (Å²) in [5.74, 6) is 4.14. The van der Waals surface area contributed by atoms with E-state index in [-0.39, 0.29) is 0 Å². The van der Waals surface area contributed by atoms with Crippen molar-refractivity contribution in [2.45, 2.75) is 6.42 Å². The molecule has 0 aromatic carbocycles. The van der Waals surface area contributed by atoms with Gasteiger partial charge >= 0.3 is 0 Å². The van der Waals surface area contributed by atoms with Gasteiger partial charge in [-0.3, -0.25) is 4.99 Å². The second-order valence-corrected chi connectivity index (χ2v) is 2.20. The summed E-state index contributed by atoms with van der Waals surface area (Å²) in [5, 5.41) is 0. The van der Waals surface area contributed by atoms with E-state index in [0.29, 0.717) is 0 Å². The van der Waals surface area contributed by atoms with Crippen LogP contribution >= 0.6 is 11.8 Å². The molecular weight excluding hydrogens is 106 g/mol. The Morgan fingerprint density at radius 3 is 3.57 bits per heavy atom. The van der Waals surface area contributed by atoms with Crippen LogP contribution in [0.2, 0.25) is 0 Å². The van der Waals surface area contributed by atoms with E-state index in [9.17, 15) is 0 Å². The second-order valence-electron chi connectivity index (χ2n) is 1.21. The van der Waals surface area contributed by atoms with Gasteiger partial charge < -0.3 is 0 Å². The average Bonchev–Trinajstić information content (AvgIpc) is 1.90. The van der Waals surface area contributed by atoms with Crippen molar-refractivity contribution in [1.82, 2.24) is 0 Å². The first kappa shape index (κ1) is 5.16. The third-order valence-corrected chi connectivity index (χ3v) is 1.41. The van der Waals surface area contributed by atoms with Gasteiger partial charge in [-0.15, -0.1) is 11.8 Å². The summed E-state index contributed by atoms with van der Waals surface area (Å²) in [5.41, 5.74) is 0. The van der Waals surface area contributed by atoms with Crippen molar-refractivity contribution in [1.29, 1.82) is 0 Å². The molecule has 1 aliphatic heterocycles. The molecule has 0 unspecified atom stereocenters. The molecule has 0 fully saturated rings. The van der Waals surface area contributed by atoms with Crippen LogP contribution in [-0.2, 0) is 0 Å². The quantitative estimate of drug-likeness (QED) is 0.457. The van der Waals surface area contributed by atoms with Gasteiger partial charge in [0.05, 0.1) is 12.0 Å². The summed E-state index contributed by atoms with van der Waals surface area (Å²) >= 11 is 1.71. The highest BCUT2D eigenvalue weighted by Crippen LogP contribution is 2.08. The topological polar surface area (TPSA) is 12.4 Å². The van der Waals surface area contributed by atoms with E-state index >= 15 is 0 Å². The van der Waals surface area contributed by atoms with Gasteiger partial charge in [0, 0.05) is 18.7 Å². The van der Waals surface area contributed by atoms with Gasteiger partial charge in [-0.05, 0) is 0 Å². The maximum absolute atomic E-state index is 3.94. The summed E-state index contributed by atoms with van der Waals surface area (Å²) in [6, 6.07) is 0. The van der Waals surface area contributed by atoms with Gasteiger partial charge in [-0.2, -0.15) is 0 Å². The minimum absolute atomic E-state index is 0.796. The molecule has 0 saturated carbocycles. The Bertz CT molecular complexity index is 62.5. The fourth-order valence-corrected chi connectivity index (χ4v) is 0.875. The molecule has 3 radical (unpaired) electrons. The zero-order chi connectivity index (χ0) is 4.95. The maximum Gasteiger partial charge on any atom is 0.0574 e. The first-order valence-electron chi connectivity index (χ1n) is 2.24. The van der Waals surface area contributed by atoms with Crippen molar-refractivity contribution in [2.24, 2.45) is 4.99 Å². The first-order valence-corrected chi connectivity index (χ1v) is 3.23. The Labute approximate surface area is 48.2 Å². The number of hydrogen-bond acceptors (Lipinski definition) is 2. The predicted octanol–water partition coefficient (Wildman–Crippen LogP) is 1.11. The van der Waals surface area contributed by atoms with Crippen LogP contribution in [0.4, 0.5) is 0 Å². The molecule has 0 amide bonds. The molecule has 0 N–H and O–H groups in total. The lowest BCUT2D eigenvalue weighted by Gasteiger charge is -1.84. The largest absolute Gasteiger partial charge is 0.287 e. The number of rotatable bonds is 0. The Hall–Kier alpha value is 0.0200. The lowest BCUT2D eigenvalue weighted by molar-refractivity contribution is 1.16. The maximum atomic E-state index is 3.94. The second kappa shape index (κ2) is 3.08. The van der Waals surface area contributed by atoms with Gasteiger partial charge in [0.25, 0.3) is 0 Å². The molecule has 7 heavy (non-hydrogen) atoms. The van der Waals surface area contributed by atoms with Crippen LogP contribution in [-0.4, -0.2) is 18.5 Å². The van der Waals surface area contributed by atoms with Crippen LogP contribution in [0.1, 0.15) is 6.42 Å². The van der Waals surface area contributed by atoms with Crippen LogP contribution in [0.15, 0.2) is 4.99 Å². The van der Waals surface area contributed by atoms with E-state index in [4.69, 9.17) is 0 Å². The van der Waals surface area contributed by atoms with Crippen molar-refractivity contribution in [3.63, 3.8) is 0 Å². The summed E-state index contributed by atoms with van der Waals surface area (Å²) in [6.45, 7) is 0.914. The van der Waals surface area contributed by atoms with Gasteiger partial charge in [0.1, 0.15) is 0 Å². The van der Waals surface area contributed by atoms with Crippen molar-refractivity contribution in [2.75, 3.05) is 12.3 Å².